The highest BCUT2D eigenvalue weighted by molar-refractivity contribution is 5.72. The molecule has 1 aliphatic rings. The second-order valence-electron chi connectivity index (χ2n) is 6.26. The molecule has 1 saturated carbocycles. The Morgan fingerprint density at radius 2 is 1.91 bits per heavy atom. The van der Waals surface area contributed by atoms with E-state index in [1.54, 1.807) is 10.6 Å². The zero-order chi connectivity index (χ0) is 16.6. The number of H-pyrrole nitrogens is 2. The molecule has 1 atom stereocenters. The van der Waals surface area contributed by atoms with E-state index in [0.29, 0.717) is 11.2 Å². The summed E-state index contributed by atoms with van der Waals surface area (Å²) in [4.78, 5) is 40.9. The van der Waals surface area contributed by atoms with Gasteiger partial charge < -0.3 is 14.7 Å². The number of methoxy groups -OCH3 is 1. The maximum Gasteiger partial charge on any atom is 0.327 e. The average Bonchev–Trinajstić information content (AvgIpc) is 2.88. The lowest BCUT2D eigenvalue weighted by Gasteiger charge is -2.31. The lowest BCUT2D eigenvalue weighted by Crippen LogP contribution is -2.31. The minimum Gasteiger partial charge on any atom is -0.469 e. The molecule has 7 heteroatoms. The van der Waals surface area contributed by atoms with Gasteiger partial charge in [-0.3, -0.25) is 14.2 Å². The Kier molecular flexibility index (Phi) is 4.11. The molecule has 0 aliphatic heterocycles. The average molecular weight is 319 g/mol. The highest BCUT2D eigenvalue weighted by atomic mass is 16.5. The van der Waals surface area contributed by atoms with Gasteiger partial charge in [-0.15, -0.1) is 0 Å². The molecular weight excluding hydrogens is 298 g/mol. The van der Waals surface area contributed by atoms with Crippen molar-refractivity contribution in [1.82, 2.24) is 14.5 Å². The standard InChI is InChI=1S/C16H21N3O4/c1-9(10-3-5-11(6-4-10)15(21)23-2)19-14-12(17-16(19)22)7-8-13(20)18-14/h7-11H,3-6H2,1-2H3,(H,17,22)(H,18,20). The summed E-state index contributed by atoms with van der Waals surface area (Å²) in [6.07, 6.45) is 3.26. The van der Waals surface area contributed by atoms with Crippen LogP contribution in [0.4, 0.5) is 0 Å². The smallest absolute Gasteiger partial charge is 0.327 e. The van der Waals surface area contributed by atoms with Crippen molar-refractivity contribution in [2.75, 3.05) is 7.11 Å². The minimum atomic E-state index is -0.230. The van der Waals surface area contributed by atoms with Crippen molar-refractivity contribution in [3.05, 3.63) is 33.0 Å². The quantitative estimate of drug-likeness (QED) is 0.839. The Bertz CT molecular complexity index is 824. The number of hydrogen-bond donors (Lipinski definition) is 2. The van der Waals surface area contributed by atoms with Crippen molar-refractivity contribution < 1.29 is 9.53 Å². The first-order chi connectivity index (χ1) is 11.0. The number of fused-ring (bicyclic) bond motifs is 1. The first-order valence-electron chi connectivity index (χ1n) is 7.92. The number of esters is 1. The number of carbonyl (C=O) groups is 1. The normalized spacial score (nSPS) is 22.9. The molecule has 0 amide bonds. The third kappa shape index (κ3) is 2.83. The molecule has 2 aromatic heterocycles. The van der Waals surface area contributed by atoms with Crippen molar-refractivity contribution in [1.29, 1.82) is 0 Å². The van der Waals surface area contributed by atoms with Gasteiger partial charge >= 0.3 is 11.7 Å². The fraction of sp³-hybridized carbons (Fsp3) is 0.562. The molecule has 124 valence electrons. The van der Waals surface area contributed by atoms with Crippen LogP contribution in [0.2, 0.25) is 0 Å². The summed E-state index contributed by atoms with van der Waals surface area (Å²) in [7, 11) is 1.42. The van der Waals surface area contributed by atoms with Crippen LogP contribution < -0.4 is 11.2 Å². The first kappa shape index (κ1) is 15.6. The summed E-state index contributed by atoms with van der Waals surface area (Å²) >= 11 is 0. The van der Waals surface area contributed by atoms with Gasteiger partial charge in [0, 0.05) is 12.1 Å². The van der Waals surface area contributed by atoms with Crippen LogP contribution in [0.5, 0.6) is 0 Å². The fourth-order valence-electron chi connectivity index (χ4n) is 3.63. The van der Waals surface area contributed by atoms with Crippen molar-refractivity contribution in [2.45, 2.75) is 38.6 Å². The summed E-state index contributed by atoms with van der Waals surface area (Å²) in [5, 5.41) is 0. The van der Waals surface area contributed by atoms with E-state index in [0.717, 1.165) is 25.7 Å². The lowest BCUT2D eigenvalue weighted by molar-refractivity contribution is -0.146. The van der Waals surface area contributed by atoms with Gasteiger partial charge in [0.1, 0.15) is 5.65 Å². The SMILES string of the molecule is COC(=O)C1CCC(C(C)n2c(=O)[nH]c3ccc(=O)[nH]c32)CC1. The van der Waals surface area contributed by atoms with E-state index in [4.69, 9.17) is 4.74 Å². The topological polar surface area (TPSA) is 96.9 Å². The summed E-state index contributed by atoms with van der Waals surface area (Å²) < 4.78 is 6.43. The number of nitrogens with one attached hydrogen (secondary N) is 2. The van der Waals surface area contributed by atoms with Gasteiger partial charge in [0.2, 0.25) is 5.56 Å². The Morgan fingerprint density at radius 1 is 1.22 bits per heavy atom. The number of aromatic amines is 2. The Morgan fingerprint density at radius 3 is 2.57 bits per heavy atom. The lowest BCUT2D eigenvalue weighted by atomic mass is 9.79. The van der Waals surface area contributed by atoms with Crippen molar-refractivity contribution >= 4 is 17.1 Å². The van der Waals surface area contributed by atoms with Gasteiger partial charge in [-0.05, 0) is 44.6 Å². The molecule has 2 heterocycles. The van der Waals surface area contributed by atoms with Crippen LogP contribution in [0.25, 0.3) is 11.2 Å². The van der Waals surface area contributed by atoms with Gasteiger partial charge in [-0.1, -0.05) is 0 Å². The van der Waals surface area contributed by atoms with Crippen LogP contribution in [0, 0.1) is 11.8 Å². The van der Waals surface area contributed by atoms with Crippen LogP contribution >= 0.6 is 0 Å². The summed E-state index contributed by atoms with van der Waals surface area (Å²) in [5.41, 5.74) is 0.714. The van der Waals surface area contributed by atoms with E-state index < -0.39 is 0 Å². The van der Waals surface area contributed by atoms with Gasteiger partial charge in [-0.25, -0.2) is 4.79 Å². The molecule has 2 N–H and O–H groups in total. The Balaban J connectivity index is 1.84. The van der Waals surface area contributed by atoms with E-state index in [1.165, 1.54) is 13.2 Å². The van der Waals surface area contributed by atoms with Gasteiger partial charge in [-0.2, -0.15) is 0 Å². The van der Waals surface area contributed by atoms with Gasteiger partial charge in [0.25, 0.3) is 0 Å². The Labute approximate surface area is 132 Å². The number of rotatable bonds is 3. The number of pyridine rings is 1. The van der Waals surface area contributed by atoms with Crippen molar-refractivity contribution in [3.63, 3.8) is 0 Å². The monoisotopic (exact) mass is 319 g/mol. The zero-order valence-electron chi connectivity index (χ0n) is 13.3. The van der Waals surface area contributed by atoms with Gasteiger partial charge in [0.15, 0.2) is 0 Å². The molecule has 23 heavy (non-hydrogen) atoms. The van der Waals surface area contributed by atoms with E-state index in [2.05, 4.69) is 9.97 Å². The second-order valence-corrected chi connectivity index (χ2v) is 6.26. The van der Waals surface area contributed by atoms with Crippen LogP contribution in [0.15, 0.2) is 21.7 Å². The molecule has 0 saturated heterocycles. The number of aromatic nitrogens is 3. The van der Waals surface area contributed by atoms with E-state index >= 15 is 0 Å². The second kappa shape index (κ2) is 6.06. The number of hydrogen-bond acceptors (Lipinski definition) is 4. The maximum absolute atomic E-state index is 12.3. The molecule has 7 nitrogen and oxygen atoms in total. The van der Waals surface area contributed by atoms with Crippen molar-refractivity contribution in [2.24, 2.45) is 11.8 Å². The number of ether oxygens (including phenoxy) is 1. The fourth-order valence-corrected chi connectivity index (χ4v) is 3.63. The molecule has 2 aromatic rings. The van der Waals surface area contributed by atoms with Crippen LogP contribution in [0.1, 0.15) is 38.6 Å². The predicted molar refractivity (Wildman–Crippen MR) is 85.4 cm³/mol. The van der Waals surface area contributed by atoms with E-state index in [-0.39, 0.29) is 35.1 Å². The summed E-state index contributed by atoms with van der Waals surface area (Å²) in [6.45, 7) is 1.99. The summed E-state index contributed by atoms with van der Waals surface area (Å²) in [6, 6.07) is 2.97. The predicted octanol–water partition coefficient (Wildman–Crippen LogP) is 1.56. The zero-order valence-corrected chi connectivity index (χ0v) is 13.3. The summed E-state index contributed by atoms with van der Waals surface area (Å²) in [5.74, 6) is 0.101. The molecular formula is C16H21N3O4. The number of imidazole rings is 1. The molecule has 1 unspecified atom stereocenters. The third-order valence-electron chi connectivity index (χ3n) is 5.00. The first-order valence-corrected chi connectivity index (χ1v) is 7.92. The number of carbonyl (C=O) groups excluding carboxylic acids is 1. The van der Waals surface area contributed by atoms with Crippen LogP contribution in [-0.2, 0) is 9.53 Å². The third-order valence-corrected chi connectivity index (χ3v) is 5.00. The van der Waals surface area contributed by atoms with Crippen molar-refractivity contribution in [3.8, 4) is 0 Å². The molecule has 1 fully saturated rings. The Hall–Kier alpha value is -2.31. The van der Waals surface area contributed by atoms with E-state index in [9.17, 15) is 14.4 Å². The molecule has 0 bridgehead atoms. The van der Waals surface area contributed by atoms with Crippen LogP contribution in [0.3, 0.4) is 0 Å². The largest absolute Gasteiger partial charge is 0.469 e. The molecule has 0 radical (unpaired) electrons. The highest BCUT2D eigenvalue weighted by Gasteiger charge is 2.31. The molecule has 1 aliphatic carbocycles. The highest BCUT2D eigenvalue weighted by Crippen LogP contribution is 2.36. The number of nitrogens with zero attached hydrogens (tertiary/aromatic N) is 1. The molecule has 0 aromatic carbocycles. The van der Waals surface area contributed by atoms with E-state index in [1.807, 2.05) is 6.92 Å². The maximum atomic E-state index is 12.3. The van der Waals surface area contributed by atoms with Gasteiger partial charge in [0.05, 0.1) is 18.5 Å². The molecule has 0 spiro atoms. The molecule has 3 rings (SSSR count). The minimum absolute atomic E-state index is 0.0389. The van der Waals surface area contributed by atoms with Crippen LogP contribution in [-0.4, -0.2) is 27.6 Å².